The van der Waals surface area contributed by atoms with E-state index < -0.39 is 6.10 Å². The van der Waals surface area contributed by atoms with Crippen LogP contribution in [0, 0.1) is 0 Å². The van der Waals surface area contributed by atoms with Crippen LogP contribution in [0.4, 0.5) is 0 Å². The monoisotopic (exact) mass is 384 g/mol. The maximum absolute atomic E-state index is 10.6. The van der Waals surface area contributed by atoms with Gasteiger partial charge in [-0.1, -0.05) is 80.8 Å². The molecule has 2 aromatic rings. The fourth-order valence-corrected chi connectivity index (χ4v) is 2.87. The second-order valence-corrected chi connectivity index (χ2v) is 6.81. The molecule has 0 bridgehead atoms. The first kappa shape index (κ1) is 22.2. The summed E-state index contributed by atoms with van der Waals surface area (Å²) in [5, 5.41) is 10.6. The minimum absolute atomic E-state index is 0.214. The van der Waals surface area contributed by atoms with Crippen LogP contribution in [-0.2, 0) is 16.1 Å². The van der Waals surface area contributed by atoms with Crippen molar-refractivity contribution in [2.45, 2.75) is 51.4 Å². The molecule has 0 spiro atoms. The summed E-state index contributed by atoms with van der Waals surface area (Å²) in [6.45, 7) is 2.85. The lowest BCUT2D eigenvalue weighted by Crippen LogP contribution is -2.27. The van der Waals surface area contributed by atoms with Gasteiger partial charge in [0, 0.05) is 7.11 Å². The number of hydrogen-bond acceptors (Lipinski definition) is 4. The van der Waals surface area contributed by atoms with Gasteiger partial charge >= 0.3 is 0 Å². The lowest BCUT2D eigenvalue weighted by molar-refractivity contribution is -0.0221. The molecule has 0 radical (unpaired) electrons. The summed E-state index contributed by atoms with van der Waals surface area (Å²) in [7, 11) is 1.60. The Morgan fingerprint density at radius 2 is 1.86 bits per heavy atom. The molecule has 0 aliphatic carbocycles. The molecule has 2 atom stereocenters. The van der Waals surface area contributed by atoms with Crippen LogP contribution in [0.1, 0.15) is 43.7 Å². The maximum Gasteiger partial charge on any atom is 0.188 e. The van der Waals surface area contributed by atoms with Gasteiger partial charge in [0.2, 0.25) is 0 Å². The summed E-state index contributed by atoms with van der Waals surface area (Å²) in [6, 6.07) is 17.8. The number of aliphatic hydroxyl groups excluding tert-OH is 1. The smallest absolute Gasteiger partial charge is 0.188 e. The number of ether oxygens (including phenoxy) is 3. The third-order valence-electron chi connectivity index (χ3n) is 4.45. The SMILES string of the molecule is CCCCC[C@H](O)[C@@H](/C=C/c1cccc(OCOC)c1)OCc1ccccc1. The molecule has 4 heteroatoms. The molecule has 0 unspecified atom stereocenters. The van der Waals surface area contributed by atoms with Gasteiger partial charge in [-0.15, -0.1) is 0 Å². The van der Waals surface area contributed by atoms with E-state index in [2.05, 4.69) is 6.92 Å². The lowest BCUT2D eigenvalue weighted by Gasteiger charge is -2.21. The normalized spacial score (nSPS) is 13.5. The van der Waals surface area contributed by atoms with Crippen molar-refractivity contribution in [2.24, 2.45) is 0 Å². The van der Waals surface area contributed by atoms with Gasteiger partial charge in [-0.25, -0.2) is 0 Å². The van der Waals surface area contributed by atoms with Crippen LogP contribution < -0.4 is 4.74 Å². The molecule has 152 valence electrons. The van der Waals surface area contributed by atoms with Gasteiger partial charge in [-0.3, -0.25) is 0 Å². The van der Waals surface area contributed by atoms with Crippen molar-refractivity contribution in [1.82, 2.24) is 0 Å². The van der Waals surface area contributed by atoms with Crippen molar-refractivity contribution in [3.05, 3.63) is 71.8 Å². The molecule has 28 heavy (non-hydrogen) atoms. The first-order chi connectivity index (χ1) is 13.7. The molecule has 2 aromatic carbocycles. The van der Waals surface area contributed by atoms with Crippen molar-refractivity contribution in [2.75, 3.05) is 13.9 Å². The van der Waals surface area contributed by atoms with E-state index in [-0.39, 0.29) is 12.9 Å². The molecule has 0 aromatic heterocycles. The molecule has 2 rings (SSSR count). The molecule has 0 saturated carbocycles. The largest absolute Gasteiger partial charge is 0.468 e. The van der Waals surface area contributed by atoms with Gasteiger partial charge in [0.05, 0.1) is 12.7 Å². The molecule has 0 amide bonds. The second-order valence-electron chi connectivity index (χ2n) is 6.81. The first-order valence-electron chi connectivity index (χ1n) is 9.96. The molecule has 0 fully saturated rings. The average Bonchev–Trinajstić information content (AvgIpc) is 2.73. The molecular formula is C24H32O4. The number of rotatable bonds is 13. The van der Waals surface area contributed by atoms with E-state index in [1.807, 2.05) is 66.7 Å². The standard InChI is InChI=1S/C24H32O4/c1-3-4-6-14-23(25)24(27-18-21-10-7-5-8-11-21)16-15-20-12-9-13-22(17-20)28-19-26-2/h5,7-13,15-17,23-25H,3-4,6,14,18-19H2,1-2H3/b16-15+/t23-,24+/m0/s1. The Morgan fingerprint density at radius 3 is 2.61 bits per heavy atom. The number of methoxy groups -OCH3 is 1. The fourth-order valence-electron chi connectivity index (χ4n) is 2.87. The second kappa shape index (κ2) is 13.1. The Hall–Kier alpha value is -2.14. The fraction of sp³-hybridized carbons (Fsp3) is 0.417. The summed E-state index contributed by atoms with van der Waals surface area (Å²) in [6.07, 6.45) is 7.00. The topological polar surface area (TPSA) is 47.9 Å². The molecule has 0 saturated heterocycles. The van der Waals surface area contributed by atoms with Gasteiger partial charge < -0.3 is 19.3 Å². The predicted octanol–water partition coefficient (Wildman–Crippen LogP) is 5.21. The van der Waals surface area contributed by atoms with Gasteiger partial charge in [0.1, 0.15) is 11.9 Å². The summed E-state index contributed by atoms with van der Waals surface area (Å²) in [5.74, 6) is 0.745. The zero-order valence-corrected chi connectivity index (χ0v) is 16.9. The van der Waals surface area contributed by atoms with E-state index in [0.717, 1.165) is 42.6 Å². The van der Waals surface area contributed by atoms with Crippen LogP contribution >= 0.6 is 0 Å². The number of benzene rings is 2. The first-order valence-corrected chi connectivity index (χ1v) is 9.96. The highest BCUT2D eigenvalue weighted by molar-refractivity contribution is 5.52. The Labute approximate surface area is 168 Å². The van der Waals surface area contributed by atoms with Gasteiger partial charge in [-0.2, -0.15) is 0 Å². The minimum atomic E-state index is -0.528. The van der Waals surface area contributed by atoms with E-state index >= 15 is 0 Å². The Balaban J connectivity index is 2.03. The summed E-state index contributed by atoms with van der Waals surface area (Å²) in [4.78, 5) is 0. The maximum atomic E-state index is 10.6. The zero-order valence-electron chi connectivity index (χ0n) is 16.9. The quantitative estimate of drug-likeness (QED) is 0.380. The van der Waals surface area contributed by atoms with E-state index in [1.165, 1.54) is 0 Å². The van der Waals surface area contributed by atoms with E-state index in [0.29, 0.717) is 6.61 Å². The van der Waals surface area contributed by atoms with Gasteiger partial charge in [0.25, 0.3) is 0 Å². The van der Waals surface area contributed by atoms with Crippen LogP contribution in [-0.4, -0.2) is 31.2 Å². The molecule has 1 N–H and O–H groups in total. The van der Waals surface area contributed by atoms with Crippen molar-refractivity contribution in [3.8, 4) is 5.75 Å². The van der Waals surface area contributed by atoms with Crippen LogP contribution in [0.5, 0.6) is 5.75 Å². The highest BCUT2D eigenvalue weighted by Crippen LogP contribution is 2.18. The lowest BCUT2D eigenvalue weighted by atomic mass is 10.0. The summed E-state index contributed by atoms with van der Waals surface area (Å²) < 4.78 is 16.5. The van der Waals surface area contributed by atoms with Crippen molar-refractivity contribution >= 4 is 6.08 Å². The molecule has 4 nitrogen and oxygen atoms in total. The third-order valence-corrected chi connectivity index (χ3v) is 4.45. The number of hydrogen-bond donors (Lipinski definition) is 1. The van der Waals surface area contributed by atoms with Crippen molar-refractivity contribution in [3.63, 3.8) is 0 Å². The highest BCUT2D eigenvalue weighted by Gasteiger charge is 2.17. The molecule has 0 aliphatic rings. The average molecular weight is 385 g/mol. The van der Waals surface area contributed by atoms with Crippen LogP contribution in [0.3, 0.4) is 0 Å². The van der Waals surface area contributed by atoms with Crippen molar-refractivity contribution in [1.29, 1.82) is 0 Å². The van der Waals surface area contributed by atoms with Gasteiger partial charge in [-0.05, 0) is 29.7 Å². The Morgan fingerprint density at radius 1 is 1.04 bits per heavy atom. The van der Waals surface area contributed by atoms with Crippen LogP contribution in [0.25, 0.3) is 6.08 Å². The summed E-state index contributed by atoms with van der Waals surface area (Å²) in [5.41, 5.74) is 2.08. The molecule has 0 aliphatic heterocycles. The predicted molar refractivity (Wildman–Crippen MR) is 113 cm³/mol. The van der Waals surface area contributed by atoms with Gasteiger partial charge in [0.15, 0.2) is 6.79 Å². The zero-order chi connectivity index (χ0) is 20.0. The van der Waals surface area contributed by atoms with Crippen LogP contribution in [0.2, 0.25) is 0 Å². The van der Waals surface area contributed by atoms with E-state index in [9.17, 15) is 5.11 Å². The highest BCUT2D eigenvalue weighted by atomic mass is 16.7. The van der Waals surface area contributed by atoms with E-state index in [1.54, 1.807) is 7.11 Å². The summed E-state index contributed by atoms with van der Waals surface area (Å²) >= 11 is 0. The number of unbranched alkanes of at least 4 members (excludes halogenated alkanes) is 2. The van der Waals surface area contributed by atoms with E-state index in [4.69, 9.17) is 14.2 Å². The Bertz CT molecular complexity index is 684. The Kier molecular flexibility index (Phi) is 10.4. The van der Waals surface area contributed by atoms with Crippen molar-refractivity contribution < 1.29 is 19.3 Å². The number of aliphatic hydroxyl groups is 1. The minimum Gasteiger partial charge on any atom is -0.468 e. The molecular weight excluding hydrogens is 352 g/mol. The third kappa shape index (κ3) is 8.26. The molecule has 0 heterocycles. The van der Waals surface area contributed by atoms with Crippen LogP contribution in [0.15, 0.2) is 60.7 Å².